The number of carbonyl (C=O) groups excluding carboxylic acids is 1. The summed E-state index contributed by atoms with van der Waals surface area (Å²) < 4.78 is 6.21. The molecule has 0 saturated carbocycles. The first kappa shape index (κ1) is 18.6. The van der Waals surface area contributed by atoms with Crippen LogP contribution in [0.25, 0.3) is 10.2 Å². The molecule has 0 unspecified atom stereocenters. The van der Waals surface area contributed by atoms with Crippen LogP contribution in [0.2, 0.25) is 5.02 Å². The maximum atomic E-state index is 13.2. The normalized spacial score (nSPS) is 11.1. The predicted molar refractivity (Wildman–Crippen MR) is 107 cm³/mol. The molecule has 0 saturated heterocycles. The van der Waals surface area contributed by atoms with Gasteiger partial charge in [-0.05, 0) is 36.4 Å². The number of likely N-dealkylation sites (N-methyl/N-ethyl adjacent to an activating group) is 1. The molecule has 0 bridgehead atoms. The van der Waals surface area contributed by atoms with E-state index in [1.54, 1.807) is 24.1 Å². The Kier molecular flexibility index (Phi) is 5.76. The fraction of sp³-hybridized carbons (Fsp3) is 0.263. The van der Waals surface area contributed by atoms with Crippen molar-refractivity contribution in [2.45, 2.75) is 0 Å². The summed E-state index contributed by atoms with van der Waals surface area (Å²) in [5, 5.41) is 1.34. The number of nitrogens with zero attached hydrogens (tertiary/aromatic N) is 2. The molecule has 0 fully saturated rings. The lowest BCUT2D eigenvalue weighted by Gasteiger charge is -2.21. The van der Waals surface area contributed by atoms with Gasteiger partial charge in [-0.1, -0.05) is 29.0 Å². The van der Waals surface area contributed by atoms with Crippen molar-refractivity contribution >= 4 is 44.2 Å². The number of ether oxygens (including phenoxy) is 1. The molecule has 2 aromatic carbocycles. The first-order valence-corrected chi connectivity index (χ1v) is 9.48. The first-order chi connectivity index (χ1) is 12.5. The largest absolute Gasteiger partial charge is 0.497 e. The van der Waals surface area contributed by atoms with E-state index in [0.29, 0.717) is 28.0 Å². The van der Waals surface area contributed by atoms with Gasteiger partial charge in [0.1, 0.15) is 5.75 Å². The fourth-order valence-electron chi connectivity index (χ4n) is 2.53. The Balaban J connectivity index is 1.98. The quantitative estimate of drug-likeness (QED) is 0.704. The summed E-state index contributed by atoms with van der Waals surface area (Å²) in [6.45, 7) is 1.39. The van der Waals surface area contributed by atoms with Gasteiger partial charge in [-0.15, -0.1) is 0 Å². The lowest BCUT2D eigenvalue weighted by atomic mass is 10.2. The van der Waals surface area contributed by atoms with E-state index in [1.807, 2.05) is 30.3 Å². The number of benzene rings is 2. The zero-order valence-electron chi connectivity index (χ0n) is 15.0. The molecule has 3 rings (SSSR count). The molecule has 0 spiro atoms. The molecular weight excluding hydrogens is 370 g/mol. The highest BCUT2D eigenvalue weighted by Crippen LogP contribution is 2.31. The minimum atomic E-state index is -0.0877. The zero-order valence-corrected chi connectivity index (χ0v) is 16.5. The Morgan fingerprint density at radius 3 is 2.81 bits per heavy atom. The van der Waals surface area contributed by atoms with Gasteiger partial charge in [0.25, 0.3) is 5.91 Å². The van der Waals surface area contributed by atoms with E-state index >= 15 is 0 Å². The molecule has 0 aliphatic heterocycles. The van der Waals surface area contributed by atoms with Crippen molar-refractivity contribution in [2.75, 3.05) is 39.2 Å². The molecule has 0 radical (unpaired) electrons. The molecule has 0 aliphatic carbocycles. The smallest absolute Gasteiger partial charge is 0.260 e. The Hall–Kier alpha value is -2.15. The van der Waals surface area contributed by atoms with E-state index in [9.17, 15) is 4.79 Å². The summed E-state index contributed by atoms with van der Waals surface area (Å²) >= 11 is 7.56. The Morgan fingerprint density at radius 2 is 2.08 bits per heavy atom. The standard InChI is InChI=1S/C19H20ClN3O2S/c1-22(2)9-10-23(18(24)13-5-4-6-15(11-13)25-3)19-21-16-8-7-14(20)12-17(16)26-19/h4-8,11-12H,9-10H2,1-3H3/p+1. The third kappa shape index (κ3) is 4.15. The topological polar surface area (TPSA) is 46.9 Å². The molecule has 26 heavy (non-hydrogen) atoms. The van der Waals surface area contributed by atoms with Crippen molar-refractivity contribution in [3.05, 3.63) is 53.1 Å². The van der Waals surface area contributed by atoms with Crippen LogP contribution < -0.4 is 14.5 Å². The van der Waals surface area contributed by atoms with E-state index in [4.69, 9.17) is 16.3 Å². The summed E-state index contributed by atoms with van der Waals surface area (Å²) in [6, 6.07) is 12.8. The summed E-state index contributed by atoms with van der Waals surface area (Å²) in [7, 11) is 5.71. The molecule has 1 heterocycles. The highest BCUT2D eigenvalue weighted by Gasteiger charge is 2.22. The lowest BCUT2D eigenvalue weighted by Crippen LogP contribution is -3.06. The first-order valence-electron chi connectivity index (χ1n) is 8.29. The molecule has 0 atom stereocenters. The van der Waals surface area contributed by atoms with Crippen LogP contribution in [-0.4, -0.2) is 45.2 Å². The van der Waals surface area contributed by atoms with Gasteiger partial charge in [-0.3, -0.25) is 9.69 Å². The third-order valence-electron chi connectivity index (χ3n) is 3.97. The molecule has 1 amide bonds. The van der Waals surface area contributed by atoms with Gasteiger partial charge < -0.3 is 9.64 Å². The van der Waals surface area contributed by atoms with Crippen LogP contribution in [-0.2, 0) is 0 Å². The van der Waals surface area contributed by atoms with Crippen LogP contribution in [0.4, 0.5) is 5.13 Å². The van der Waals surface area contributed by atoms with Crippen molar-refractivity contribution in [3.63, 3.8) is 0 Å². The molecule has 136 valence electrons. The van der Waals surface area contributed by atoms with Crippen molar-refractivity contribution in [2.24, 2.45) is 0 Å². The second kappa shape index (κ2) is 8.03. The maximum Gasteiger partial charge on any atom is 0.260 e. The molecular formula is C19H21ClN3O2S+. The second-order valence-corrected chi connectivity index (χ2v) is 7.70. The molecule has 1 N–H and O–H groups in total. The van der Waals surface area contributed by atoms with Gasteiger partial charge in [-0.25, -0.2) is 4.98 Å². The predicted octanol–water partition coefficient (Wildman–Crippen LogP) is 2.75. The number of halogens is 1. The van der Waals surface area contributed by atoms with Crippen LogP contribution in [0.15, 0.2) is 42.5 Å². The number of anilines is 1. The van der Waals surface area contributed by atoms with Crippen molar-refractivity contribution < 1.29 is 14.4 Å². The third-order valence-corrected chi connectivity index (χ3v) is 5.24. The molecule has 0 aliphatic rings. The summed E-state index contributed by atoms with van der Waals surface area (Å²) in [5.74, 6) is 0.570. The number of fused-ring (bicyclic) bond motifs is 1. The lowest BCUT2D eigenvalue weighted by molar-refractivity contribution is -0.856. The van der Waals surface area contributed by atoms with Gasteiger partial charge in [0.2, 0.25) is 0 Å². The maximum absolute atomic E-state index is 13.2. The Bertz CT molecular complexity index is 926. The van der Waals surface area contributed by atoms with Crippen molar-refractivity contribution in [1.82, 2.24) is 4.98 Å². The summed E-state index contributed by atoms with van der Waals surface area (Å²) in [6.07, 6.45) is 0. The number of aromatic nitrogens is 1. The molecule has 7 heteroatoms. The van der Waals surface area contributed by atoms with Crippen LogP contribution in [0, 0.1) is 0 Å². The van der Waals surface area contributed by atoms with Gasteiger partial charge >= 0.3 is 0 Å². The van der Waals surface area contributed by atoms with Crippen LogP contribution in [0.3, 0.4) is 0 Å². The summed E-state index contributed by atoms with van der Waals surface area (Å²) in [4.78, 5) is 20.8. The number of nitrogens with one attached hydrogen (secondary N) is 1. The van der Waals surface area contributed by atoms with E-state index in [2.05, 4.69) is 19.1 Å². The van der Waals surface area contributed by atoms with E-state index in [-0.39, 0.29) is 5.91 Å². The minimum absolute atomic E-state index is 0.0877. The highest BCUT2D eigenvalue weighted by molar-refractivity contribution is 7.22. The van der Waals surface area contributed by atoms with Crippen LogP contribution >= 0.6 is 22.9 Å². The Labute approximate surface area is 161 Å². The fourth-order valence-corrected chi connectivity index (χ4v) is 3.80. The van der Waals surface area contributed by atoms with Crippen LogP contribution in [0.5, 0.6) is 5.75 Å². The molecule has 3 aromatic rings. The van der Waals surface area contributed by atoms with Gasteiger partial charge in [0.05, 0.1) is 44.5 Å². The average molecular weight is 391 g/mol. The number of carbonyl (C=O) groups is 1. The number of thiazole rings is 1. The number of amides is 1. The van der Waals surface area contributed by atoms with Crippen molar-refractivity contribution in [3.8, 4) is 5.75 Å². The van der Waals surface area contributed by atoms with Crippen molar-refractivity contribution in [1.29, 1.82) is 0 Å². The SMILES string of the molecule is COc1cccc(C(=O)N(CC[NH+](C)C)c2nc3ccc(Cl)cc3s2)c1. The molecule has 5 nitrogen and oxygen atoms in total. The second-order valence-electron chi connectivity index (χ2n) is 6.25. The average Bonchev–Trinajstić information content (AvgIpc) is 3.04. The minimum Gasteiger partial charge on any atom is -0.497 e. The van der Waals surface area contributed by atoms with Gasteiger partial charge in [0.15, 0.2) is 5.13 Å². The monoisotopic (exact) mass is 390 g/mol. The van der Waals surface area contributed by atoms with Gasteiger partial charge in [0, 0.05) is 10.6 Å². The van der Waals surface area contributed by atoms with Crippen LogP contribution in [0.1, 0.15) is 10.4 Å². The van der Waals surface area contributed by atoms with E-state index < -0.39 is 0 Å². The van der Waals surface area contributed by atoms with E-state index in [0.717, 1.165) is 16.8 Å². The van der Waals surface area contributed by atoms with E-state index in [1.165, 1.54) is 16.2 Å². The Morgan fingerprint density at radius 1 is 1.27 bits per heavy atom. The molecule has 1 aromatic heterocycles. The number of quaternary nitrogens is 1. The number of hydrogen-bond acceptors (Lipinski definition) is 4. The van der Waals surface area contributed by atoms with Gasteiger partial charge in [-0.2, -0.15) is 0 Å². The highest BCUT2D eigenvalue weighted by atomic mass is 35.5. The number of hydrogen-bond donors (Lipinski definition) is 1. The zero-order chi connectivity index (χ0) is 18.7. The summed E-state index contributed by atoms with van der Waals surface area (Å²) in [5.41, 5.74) is 1.42. The number of methoxy groups -OCH3 is 1. The number of rotatable bonds is 6.